The van der Waals surface area contributed by atoms with Gasteiger partial charge in [-0.1, -0.05) is 55.0 Å². The zero-order chi connectivity index (χ0) is 13.7. The molecule has 2 atom stereocenters. The maximum Gasteiger partial charge on any atom is 0.173 e. The highest BCUT2D eigenvalue weighted by molar-refractivity contribution is 7.89. The first-order valence-electron chi connectivity index (χ1n) is 6.50. The van der Waals surface area contributed by atoms with Crippen LogP contribution < -0.4 is 4.72 Å². The summed E-state index contributed by atoms with van der Waals surface area (Å²) in [6, 6.07) is 18.0. The summed E-state index contributed by atoms with van der Waals surface area (Å²) in [5.74, 6) is 0. The van der Waals surface area contributed by atoms with E-state index in [1.807, 2.05) is 49.4 Å². The zero-order valence-electron chi connectivity index (χ0n) is 11.3. The number of hydrogen-bond acceptors (Lipinski definition) is 2. The van der Waals surface area contributed by atoms with Crippen molar-refractivity contribution in [1.29, 1.82) is 0 Å². The number of nitrogens with one attached hydrogen (secondary N) is 1. The fraction of sp³-hybridized carbons (Fsp3) is 0.250. The molecule has 2 nitrogen and oxygen atoms in total. The SMILES string of the molecule is CC[C@@H](N[S@@+]([O-])c1ccc(C)cc1)c1ccccc1. The van der Waals surface area contributed by atoms with Crippen LogP contribution in [0.1, 0.15) is 30.5 Å². The van der Waals surface area contributed by atoms with Crippen LogP contribution in [-0.4, -0.2) is 4.55 Å². The molecule has 0 radical (unpaired) electrons. The monoisotopic (exact) mass is 273 g/mol. The minimum atomic E-state index is -1.17. The van der Waals surface area contributed by atoms with E-state index in [4.69, 9.17) is 0 Å². The molecule has 0 spiro atoms. The van der Waals surface area contributed by atoms with Crippen LogP contribution in [0.4, 0.5) is 0 Å². The lowest BCUT2D eigenvalue weighted by Gasteiger charge is -2.19. The third kappa shape index (κ3) is 3.83. The summed E-state index contributed by atoms with van der Waals surface area (Å²) in [5.41, 5.74) is 2.35. The van der Waals surface area contributed by atoms with E-state index in [0.29, 0.717) is 0 Å². The second-order valence-electron chi connectivity index (χ2n) is 4.57. The van der Waals surface area contributed by atoms with Gasteiger partial charge >= 0.3 is 0 Å². The summed E-state index contributed by atoms with van der Waals surface area (Å²) >= 11 is -1.17. The molecule has 0 aliphatic rings. The first kappa shape index (κ1) is 14.1. The zero-order valence-corrected chi connectivity index (χ0v) is 12.1. The molecule has 0 aliphatic carbocycles. The summed E-state index contributed by atoms with van der Waals surface area (Å²) in [7, 11) is 0. The molecular formula is C16H19NOS. The molecule has 0 bridgehead atoms. The van der Waals surface area contributed by atoms with Crippen LogP contribution in [0.25, 0.3) is 0 Å². The Bertz CT molecular complexity index is 498. The molecule has 0 aromatic heterocycles. The highest BCUT2D eigenvalue weighted by Crippen LogP contribution is 2.20. The van der Waals surface area contributed by atoms with Gasteiger partial charge in [0, 0.05) is 0 Å². The molecule has 19 heavy (non-hydrogen) atoms. The summed E-state index contributed by atoms with van der Waals surface area (Å²) in [6.45, 7) is 4.12. The molecule has 0 saturated carbocycles. The Morgan fingerprint density at radius 2 is 1.68 bits per heavy atom. The Balaban J connectivity index is 2.08. The normalized spacial score (nSPS) is 14.1. The van der Waals surface area contributed by atoms with E-state index in [0.717, 1.165) is 11.3 Å². The predicted octanol–water partition coefficient (Wildman–Crippen LogP) is 3.76. The molecule has 2 rings (SSSR count). The van der Waals surface area contributed by atoms with E-state index >= 15 is 0 Å². The van der Waals surface area contributed by atoms with Crippen molar-refractivity contribution in [1.82, 2.24) is 4.72 Å². The van der Waals surface area contributed by atoms with Crippen molar-refractivity contribution in [2.45, 2.75) is 31.2 Å². The van der Waals surface area contributed by atoms with Gasteiger partial charge < -0.3 is 4.55 Å². The van der Waals surface area contributed by atoms with Gasteiger partial charge in [-0.15, -0.1) is 4.72 Å². The van der Waals surface area contributed by atoms with Crippen molar-refractivity contribution in [3.8, 4) is 0 Å². The van der Waals surface area contributed by atoms with E-state index in [1.54, 1.807) is 0 Å². The summed E-state index contributed by atoms with van der Waals surface area (Å²) in [5, 5.41) is 0. The average Bonchev–Trinajstić information content (AvgIpc) is 2.46. The van der Waals surface area contributed by atoms with Gasteiger partial charge in [0.2, 0.25) is 0 Å². The molecule has 0 heterocycles. The molecule has 100 valence electrons. The first-order valence-corrected chi connectivity index (χ1v) is 7.65. The van der Waals surface area contributed by atoms with Gasteiger partial charge in [-0.05, 0) is 31.0 Å². The summed E-state index contributed by atoms with van der Waals surface area (Å²) in [6.07, 6.45) is 0.904. The second-order valence-corrected chi connectivity index (χ2v) is 5.82. The molecule has 2 aromatic rings. The van der Waals surface area contributed by atoms with Gasteiger partial charge in [0.25, 0.3) is 0 Å². The van der Waals surface area contributed by atoms with E-state index in [2.05, 4.69) is 23.8 Å². The van der Waals surface area contributed by atoms with Crippen molar-refractivity contribution >= 4 is 11.4 Å². The Morgan fingerprint density at radius 1 is 1.05 bits per heavy atom. The highest BCUT2D eigenvalue weighted by Gasteiger charge is 2.18. The molecule has 0 saturated heterocycles. The van der Waals surface area contributed by atoms with Gasteiger partial charge in [0.05, 0.1) is 17.4 Å². The van der Waals surface area contributed by atoms with Crippen LogP contribution in [0.15, 0.2) is 59.5 Å². The number of rotatable bonds is 5. The molecule has 1 N–H and O–H groups in total. The topological polar surface area (TPSA) is 35.1 Å². The number of benzene rings is 2. The van der Waals surface area contributed by atoms with Crippen molar-refractivity contribution < 1.29 is 4.55 Å². The lowest BCUT2D eigenvalue weighted by atomic mass is 10.1. The fourth-order valence-electron chi connectivity index (χ4n) is 1.93. The van der Waals surface area contributed by atoms with Gasteiger partial charge in [-0.3, -0.25) is 0 Å². The summed E-state index contributed by atoms with van der Waals surface area (Å²) < 4.78 is 15.5. The standard InChI is InChI=1S/C16H19NOS/c1-3-16(14-7-5-4-6-8-14)17-19(18)15-11-9-13(2)10-12-15/h4-12,16-17H,3H2,1-2H3/t16-,19+/m1/s1. The molecule has 0 fully saturated rings. The predicted molar refractivity (Wildman–Crippen MR) is 80.2 cm³/mol. The molecule has 0 unspecified atom stereocenters. The van der Waals surface area contributed by atoms with E-state index in [9.17, 15) is 4.55 Å². The highest BCUT2D eigenvalue weighted by atomic mass is 32.2. The van der Waals surface area contributed by atoms with Crippen molar-refractivity contribution in [2.24, 2.45) is 0 Å². The fourth-order valence-corrected chi connectivity index (χ4v) is 3.01. The van der Waals surface area contributed by atoms with Gasteiger partial charge in [0.15, 0.2) is 4.90 Å². The van der Waals surface area contributed by atoms with Crippen LogP contribution in [0.2, 0.25) is 0 Å². The van der Waals surface area contributed by atoms with E-state index < -0.39 is 11.4 Å². The van der Waals surface area contributed by atoms with E-state index in [-0.39, 0.29) is 6.04 Å². The van der Waals surface area contributed by atoms with Gasteiger partial charge in [0.1, 0.15) is 0 Å². The molecule has 0 aliphatic heterocycles. The smallest absolute Gasteiger partial charge is 0.173 e. The largest absolute Gasteiger partial charge is 0.593 e. The third-order valence-corrected chi connectivity index (χ3v) is 4.29. The van der Waals surface area contributed by atoms with Crippen LogP contribution in [0.3, 0.4) is 0 Å². The number of hydrogen-bond donors (Lipinski definition) is 1. The minimum absolute atomic E-state index is 0.114. The van der Waals surface area contributed by atoms with Crippen molar-refractivity contribution in [3.05, 3.63) is 65.7 Å². The first-order chi connectivity index (χ1) is 9.20. The van der Waals surface area contributed by atoms with Gasteiger partial charge in [-0.2, -0.15) is 0 Å². The average molecular weight is 273 g/mol. The second kappa shape index (κ2) is 6.75. The van der Waals surface area contributed by atoms with E-state index in [1.165, 1.54) is 11.1 Å². The Hall–Kier alpha value is -1.29. The molecule has 0 amide bonds. The molecule has 2 aromatic carbocycles. The number of aryl methyl sites for hydroxylation is 1. The lowest BCUT2D eigenvalue weighted by Crippen LogP contribution is -2.28. The maximum atomic E-state index is 12.3. The Labute approximate surface area is 118 Å². The quantitative estimate of drug-likeness (QED) is 0.842. The van der Waals surface area contributed by atoms with Crippen LogP contribution >= 0.6 is 0 Å². The maximum absolute atomic E-state index is 12.3. The summed E-state index contributed by atoms with van der Waals surface area (Å²) in [4.78, 5) is 0.819. The van der Waals surface area contributed by atoms with Crippen molar-refractivity contribution in [3.63, 3.8) is 0 Å². The van der Waals surface area contributed by atoms with Gasteiger partial charge in [-0.25, -0.2) is 0 Å². The minimum Gasteiger partial charge on any atom is -0.593 e. The van der Waals surface area contributed by atoms with Crippen LogP contribution in [0.5, 0.6) is 0 Å². The third-order valence-electron chi connectivity index (χ3n) is 3.09. The Morgan fingerprint density at radius 3 is 2.26 bits per heavy atom. The van der Waals surface area contributed by atoms with Crippen molar-refractivity contribution in [2.75, 3.05) is 0 Å². The lowest BCUT2D eigenvalue weighted by molar-refractivity contribution is 0.549. The molecule has 3 heteroatoms. The van der Waals surface area contributed by atoms with Crippen LogP contribution in [-0.2, 0) is 11.4 Å². The molecular weight excluding hydrogens is 254 g/mol. The Kier molecular flexibility index (Phi) is 5.02. The van der Waals surface area contributed by atoms with Crippen LogP contribution in [0, 0.1) is 6.92 Å².